The van der Waals surface area contributed by atoms with Crippen molar-refractivity contribution in [1.29, 1.82) is 0 Å². The zero-order valence-electron chi connectivity index (χ0n) is 19.6. The van der Waals surface area contributed by atoms with Gasteiger partial charge in [0.1, 0.15) is 6.04 Å². The van der Waals surface area contributed by atoms with Crippen LogP contribution >= 0.6 is 11.6 Å². The van der Waals surface area contributed by atoms with Crippen LogP contribution in [0.15, 0.2) is 42.5 Å². The highest BCUT2D eigenvalue weighted by Gasteiger charge is 2.28. The van der Waals surface area contributed by atoms with E-state index in [4.69, 9.17) is 21.1 Å². The van der Waals surface area contributed by atoms with Gasteiger partial charge in [0.25, 0.3) is 5.91 Å². The van der Waals surface area contributed by atoms with Crippen molar-refractivity contribution < 1.29 is 23.9 Å². The fraction of sp³-hybridized carbons (Fsp3) is 0.400. The molecular weight excluding hydrogens is 458 g/mol. The van der Waals surface area contributed by atoms with Gasteiger partial charge in [-0.05, 0) is 48.7 Å². The van der Waals surface area contributed by atoms with Crippen molar-refractivity contribution in [1.82, 2.24) is 15.5 Å². The molecule has 0 radical (unpaired) electrons. The van der Waals surface area contributed by atoms with Crippen LogP contribution < -0.4 is 20.1 Å². The number of methoxy groups -OCH3 is 2. The van der Waals surface area contributed by atoms with E-state index >= 15 is 0 Å². The number of carbonyl (C=O) groups excluding carboxylic acids is 3. The van der Waals surface area contributed by atoms with Crippen LogP contribution in [-0.2, 0) is 16.0 Å². The van der Waals surface area contributed by atoms with Gasteiger partial charge in [0.05, 0.1) is 14.2 Å². The van der Waals surface area contributed by atoms with Crippen molar-refractivity contribution in [2.24, 2.45) is 0 Å². The number of ether oxygens (including phenoxy) is 2. The molecule has 1 aliphatic heterocycles. The Morgan fingerprint density at radius 2 is 1.76 bits per heavy atom. The average Bonchev–Trinajstić information content (AvgIpc) is 2.83. The van der Waals surface area contributed by atoms with Crippen LogP contribution in [0.25, 0.3) is 0 Å². The Bertz CT molecular complexity index is 1040. The lowest BCUT2D eigenvalue weighted by Gasteiger charge is -2.33. The smallest absolute Gasteiger partial charge is 0.253 e. The SMILES string of the molecule is COc1ccc(C[C@@H](NC(C)=O)C(=O)NC2CCN(C(=O)c3cccc(Cl)c3)CC2)cc1OC. The summed E-state index contributed by atoms with van der Waals surface area (Å²) in [6.45, 7) is 2.43. The number of hydrogen-bond acceptors (Lipinski definition) is 5. The van der Waals surface area contributed by atoms with Gasteiger partial charge >= 0.3 is 0 Å². The minimum atomic E-state index is -0.735. The molecule has 0 spiro atoms. The zero-order valence-corrected chi connectivity index (χ0v) is 20.4. The predicted octanol–water partition coefficient (Wildman–Crippen LogP) is 2.83. The van der Waals surface area contributed by atoms with Crippen LogP contribution in [0.4, 0.5) is 0 Å². The fourth-order valence-electron chi connectivity index (χ4n) is 4.03. The quantitative estimate of drug-likeness (QED) is 0.596. The second-order valence-corrected chi connectivity index (χ2v) is 8.67. The second-order valence-electron chi connectivity index (χ2n) is 8.23. The maximum atomic E-state index is 13.0. The molecule has 0 bridgehead atoms. The maximum absolute atomic E-state index is 13.0. The van der Waals surface area contributed by atoms with E-state index in [-0.39, 0.29) is 23.8 Å². The van der Waals surface area contributed by atoms with Crippen molar-refractivity contribution >= 4 is 29.3 Å². The molecule has 34 heavy (non-hydrogen) atoms. The monoisotopic (exact) mass is 487 g/mol. The number of hydrogen-bond donors (Lipinski definition) is 2. The molecule has 0 saturated carbocycles. The number of piperidine rings is 1. The molecule has 1 aliphatic rings. The Kier molecular flexibility index (Phi) is 8.76. The Labute approximate surface area is 204 Å². The van der Waals surface area contributed by atoms with Crippen LogP contribution in [0.3, 0.4) is 0 Å². The van der Waals surface area contributed by atoms with Crippen molar-refractivity contribution in [2.75, 3.05) is 27.3 Å². The van der Waals surface area contributed by atoms with Crippen molar-refractivity contribution in [2.45, 2.75) is 38.3 Å². The Morgan fingerprint density at radius 1 is 1.06 bits per heavy atom. The highest BCUT2D eigenvalue weighted by atomic mass is 35.5. The molecule has 1 heterocycles. The van der Waals surface area contributed by atoms with Crippen molar-refractivity contribution in [3.05, 3.63) is 58.6 Å². The van der Waals surface area contributed by atoms with Crippen LogP contribution in [-0.4, -0.2) is 62.0 Å². The molecule has 1 fully saturated rings. The van der Waals surface area contributed by atoms with Gasteiger partial charge in [0.15, 0.2) is 11.5 Å². The third-order valence-electron chi connectivity index (χ3n) is 5.78. The summed E-state index contributed by atoms with van der Waals surface area (Å²) in [5.41, 5.74) is 1.38. The molecule has 1 atom stereocenters. The Balaban J connectivity index is 1.60. The van der Waals surface area contributed by atoms with Crippen LogP contribution in [0.5, 0.6) is 11.5 Å². The van der Waals surface area contributed by atoms with E-state index in [1.54, 1.807) is 55.5 Å². The lowest BCUT2D eigenvalue weighted by Crippen LogP contribution is -2.53. The highest BCUT2D eigenvalue weighted by molar-refractivity contribution is 6.30. The fourth-order valence-corrected chi connectivity index (χ4v) is 4.22. The Morgan fingerprint density at radius 3 is 2.38 bits per heavy atom. The summed E-state index contributed by atoms with van der Waals surface area (Å²) in [5.74, 6) is 0.522. The van der Waals surface area contributed by atoms with Gasteiger partial charge in [-0.3, -0.25) is 14.4 Å². The van der Waals surface area contributed by atoms with Gasteiger partial charge < -0.3 is 25.0 Å². The number of amides is 3. The van der Waals surface area contributed by atoms with Crippen molar-refractivity contribution in [3.63, 3.8) is 0 Å². The summed E-state index contributed by atoms with van der Waals surface area (Å²) < 4.78 is 10.6. The lowest BCUT2D eigenvalue weighted by molar-refractivity contribution is -0.128. The van der Waals surface area contributed by atoms with E-state index in [1.165, 1.54) is 6.92 Å². The van der Waals surface area contributed by atoms with E-state index in [2.05, 4.69) is 10.6 Å². The molecule has 0 aromatic heterocycles. The second kappa shape index (κ2) is 11.7. The van der Waals surface area contributed by atoms with E-state index in [0.29, 0.717) is 54.4 Å². The summed E-state index contributed by atoms with van der Waals surface area (Å²) >= 11 is 6.00. The van der Waals surface area contributed by atoms with Crippen LogP contribution in [0, 0.1) is 0 Å². The summed E-state index contributed by atoms with van der Waals surface area (Å²) in [7, 11) is 3.10. The molecular formula is C25H30ClN3O5. The molecule has 3 amide bonds. The summed E-state index contributed by atoms with van der Waals surface area (Å²) in [5, 5.41) is 6.29. The molecule has 2 aromatic carbocycles. The zero-order chi connectivity index (χ0) is 24.7. The van der Waals surface area contributed by atoms with Crippen LogP contribution in [0.1, 0.15) is 35.7 Å². The molecule has 0 aliphatic carbocycles. The maximum Gasteiger partial charge on any atom is 0.253 e. The average molecular weight is 488 g/mol. The number of halogens is 1. The topological polar surface area (TPSA) is 97.0 Å². The van der Waals surface area contributed by atoms with Gasteiger partial charge in [-0.1, -0.05) is 23.7 Å². The minimum absolute atomic E-state index is 0.0724. The summed E-state index contributed by atoms with van der Waals surface area (Å²) in [4.78, 5) is 39.3. The van der Waals surface area contributed by atoms with Gasteiger partial charge in [-0.15, -0.1) is 0 Å². The minimum Gasteiger partial charge on any atom is -0.493 e. The number of nitrogens with one attached hydrogen (secondary N) is 2. The first-order valence-corrected chi connectivity index (χ1v) is 11.5. The normalized spacial score (nSPS) is 14.8. The Hall–Kier alpha value is -3.26. The molecule has 9 heteroatoms. The molecule has 0 unspecified atom stereocenters. The molecule has 1 saturated heterocycles. The molecule has 3 rings (SSSR count). The van der Waals surface area contributed by atoms with Gasteiger partial charge in [0, 0.05) is 43.1 Å². The number of rotatable bonds is 8. The molecule has 2 aromatic rings. The van der Waals surface area contributed by atoms with E-state index in [9.17, 15) is 14.4 Å². The first-order valence-electron chi connectivity index (χ1n) is 11.1. The van der Waals surface area contributed by atoms with E-state index in [1.807, 2.05) is 6.07 Å². The highest BCUT2D eigenvalue weighted by Crippen LogP contribution is 2.28. The largest absolute Gasteiger partial charge is 0.493 e. The van der Waals surface area contributed by atoms with Gasteiger partial charge in [-0.2, -0.15) is 0 Å². The van der Waals surface area contributed by atoms with Crippen LogP contribution in [0.2, 0.25) is 5.02 Å². The first kappa shape index (κ1) is 25.4. The molecule has 8 nitrogen and oxygen atoms in total. The van der Waals surface area contributed by atoms with E-state index < -0.39 is 6.04 Å². The summed E-state index contributed by atoms with van der Waals surface area (Å²) in [6.07, 6.45) is 1.56. The van der Waals surface area contributed by atoms with Gasteiger partial charge in [-0.25, -0.2) is 0 Å². The predicted molar refractivity (Wildman–Crippen MR) is 129 cm³/mol. The standard InChI is InChI=1S/C25H30ClN3O5/c1-16(30)27-21(13-17-7-8-22(33-2)23(14-17)34-3)24(31)28-20-9-11-29(12-10-20)25(32)18-5-4-6-19(26)15-18/h4-8,14-15,20-21H,9-13H2,1-3H3,(H,27,30)(H,28,31)/t21-/m1/s1. The third kappa shape index (κ3) is 6.63. The number of benzene rings is 2. The lowest BCUT2D eigenvalue weighted by atomic mass is 10.0. The molecule has 2 N–H and O–H groups in total. The summed E-state index contributed by atoms with van der Waals surface area (Å²) in [6, 6.07) is 11.5. The number of nitrogens with zero attached hydrogens (tertiary/aromatic N) is 1. The first-order chi connectivity index (χ1) is 16.3. The van der Waals surface area contributed by atoms with Crippen molar-refractivity contribution in [3.8, 4) is 11.5 Å². The molecule has 182 valence electrons. The van der Waals surface area contributed by atoms with Gasteiger partial charge in [0.2, 0.25) is 11.8 Å². The third-order valence-corrected chi connectivity index (χ3v) is 6.02. The number of likely N-dealkylation sites (tertiary alicyclic amines) is 1. The number of carbonyl (C=O) groups is 3. The van der Waals surface area contributed by atoms with E-state index in [0.717, 1.165) is 5.56 Å².